The molecule has 1 rings (SSSR count). The second-order valence-electron chi connectivity index (χ2n) is 16.1. The molecule has 2 N–H and O–H groups in total. The summed E-state index contributed by atoms with van der Waals surface area (Å²) in [4.78, 5) is 43.0. The van der Waals surface area contributed by atoms with E-state index < -0.39 is 32.5 Å². The van der Waals surface area contributed by atoms with Crippen molar-refractivity contribution in [2.75, 3.05) is 13.2 Å². The van der Waals surface area contributed by atoms with Gasteiger partial charge >= 0.3 is 19.8 Å². The van der Waals surface area contributed by atoms with Gasteiger partial charge in [-0.25, -0.2) is 4.57 Å². The van der Waals surface area contributed by atoms with Gasteiger partial charge in [0.25, 0.3) is 0 Å². The number of allylic oxidation sites excluding steroid dienone is 1. The van der Waals surface area contributed by atoms with Crippen molar-refractivity contribution in [3.63, 3.8) is 0 Å². The predicted octanol–water partition coefficient (Wildman–Crippen LogP) is 13.2. The molecule has 0 amide bonds. The maximum Gasteiger partial charge on any atom is 0.469 e. The normalized spacial score (nSPS) is 16.1. The fourth-order valence-electron chi connectivity index (χ4n) is 7.15. The summed E-state index contributed by atoms with van der Waals surface area (Å²) in [6.07, 6.45) is 43.9. The molecular weight excluding hydrogens is 715 g/mol. The van der Waals surface area contributed by atoms with E-state index in [-0.39, 0.29) is 19.4 Å². The van der Waals surface area contributed by atoms with E-state index in [1.54, 1.807) is 0 Å². The Morgan fingerprint density at radius 2 is 1.00 bits per heavy atom. The molecule has 1 heterocycles. The maximum atomic E-state index is 12.5. The van der Waals surface area contributed by atoms with Crippen LogP contribution in [-0.2, 0) is 32.9 Å². The van der Waals surface area contributed by atoms with Crippen molar-refractivity contribution in [1.82, 2.24) is 0 Å². The van der Waals surface area contributed by atoms with Crippen LogP contribution in [0.5, 0.6) is 0 Å². The van der Waals surface area contributed by atoms with E-state index in [0.717, 1.165) is 64.2 Å². The second-order valence-corrected chi connectivity index (χ2v) is 17.4. The first-order valence-electron chi connectivity index (χ1n) is 23.1. The first-order chi connectivity index (χ1) is 26.7. The Kier molecular flexibility index (Phi) is 34.9. The molecule has 0 saturated carbocycles. The number of phosphoric ester groups is 1. The molecule has 0 aliphatic carbocycles. The number of hydrogen-bond acceptors (Lipinski definition) is 7. The minimum Gasteiger partial charge on any atom is -0.462 e. The van der Waals surface area contributed by atoms with Crippen LogP contribution in [0.15, 0.2) is 12.2 Å². The van der Waals surface area contributed by atoms with Crippen molar-refractivity contribution < 1.29 is 42.7 Å². The molecule has 0 aromatic rings. The van der Waals surface area contributed by atoms with Crippen LogP contribution in [0.4, 0.5) is 0 Å². The average Bonchev–Trinajstić information content (AvgIpc) is 3.91. The van der Waals surface area contributed by atoms with Gasteiger partial charge in [-0.1, -0.05) is 193 Å². The van der Waals surface area contributed by atoms with Crippen LogP contribution >= 0.6 is 7.82 Å². The minimum absolute atomic E-state index is 0.211. The van der Waals surface area contributed by atoms with Crippen LogP contribution < -0.4 is 0 Å². The van der Waals surface area contributed by atoms with Gasteiger partial charge in [-0.15, -0.1) is 0 Å². The Bertz CT molecular complexity index is 968. The van der Waals surface area contributed by atoms with Gasteiger partial charge in [-0.3, -0.25) is 14.1 Å². The van der Waals surface area contributed by atoms with Crippen molar-refractivity contribution in [1.29, 1.82) is 0 Å². The summed E-state index contributed by atoms with van der Waals surface area (Å²) in [5.74, 6) is -0.895. The van der Waals surface area contributed by atoms with Gasteiger partial charge in [-0.05, 0) is 38.5 Å². The van der Waals surface area contributed by atoms with Crippen LogP contribution in [-0.4, -0.2) is 53.3 Å². The highest BCUT2D eigenvalue weighted by molar-refractivity contribution is 7.46. The van der Waals surface area contributed by atoms with Crippen molar-refractivity contribution in [2.24, 2.45) is 0 Å². The van der Waals surface area contributed by atoms with Crippen molar-refractivity contribution in [3.05, 3.63) is 12.2 Å². The highest BCUT2D eigenvalue weighted by atomic mass is 31.2. The third-order valence-corrected chi connectivity index (χ3v) is 11.2. The molecule has 3 atom stereocenters. The zero-order valence-electron chi connectivity index (χ0n) is 35.5. The van der Waals surface area contributed by atoms with Gasteiger partial charge in [0, 0.05) is 12.8 Å². The van der Waals surface area contributed by atoms with Crippen LogP contribution in [0.25, 0.3) is 0 Å². The second kappa shape index (κ2) is 37.0. The number of carbonyl (C=O) groups is 2. The molecule has 0 aromatic carbocycles. The van der Waals surface area contributed by atoms with E-state index in [1.165, 1.54) is 128 Å². The molecule has 1 fully saturated rings. The van der Waals surface area contributed by atoms with E-state index >= 15 is 0 Å². The lowest BCUT2D eigenvalue weighted by atomic mass is 10.0. The van der Waals surface area contributed by atoms with Gasteiger partial charge in [-0.2, -0.15) is 0 Å². The number of unbranched alkanes of at least 4 members (excludes halogenated alkanes) is 27. The lowest BCUT2D eigenvalue weighted by Crippen LogP contribution is -2.29. The highest BCUT2D eigenvalue weighted by Crippen LogP contribution is 2.36. The molecule has 0 aromatic heterocycles. The van der Waals surface area contributed by atoms with Crippen LogP contribution in [0.3, 0.4) is 0 Å². The van der Waals surface area contributed by atoms with E-state index in [9.17, 15) is 14.2 Å². The zero-order valence-corrected chi connectivity index (χ0v) is 36.4. The molecule has 10 heteroatoms. The summed E-state index contributed by atoms with van der Waals surface area (Å²) in [5, 5.41) is 0. The quantitative estimate of drug-likeness (QED) is 0.0203. The number of carbonyl (C=O) groups excluding carboxylic acids is 2. The standard InChI is InChI=1S/C45H85O9P/c1-3-5-7-9-11-12-13-14-15-16-17-18-19-20-21-22-23-24-25-29-34-38-45(47)53-41(40-52-55(48,49)50)39-51-44(46)37-33-30-26-28-32-36-43-42(54-43)35-31-27-10-8-6-4-2/h27,31,41-43H,3-26,28-30,32-40H2,1-2H3,(H2,48,49,50)/b31-27-/t41-,42?,43?/m1/s1. The molecule has 9 nitrogen and oxygen atoms in total. The lowest BCUT2D eigenvalue weighted by molar-refractivity contribution is -0.161. The Hall–Kier alpha value is -1.25. The topological polar surface area (TPSA) is 132 Å². The van der Waals surface area contributed by atoms with Crippen LogP contribution in [0, 0.1) is 0 Å². The summed E-state index contributed by atoms with van der Waals surface area (Å²) in [5.41, 5.74) is 0. The molecule has 1 aliphatic heterocycles. The summed E-state index contributed by atoms with van der Waals surface area (Å²) in [6.45, 7) is 3.67. The molecule has 1 aliphatic rings. The number of esters is 2. The third kappa shape index (κ3) is 36.8. The van der Waals surface area contributed by atoms with Gasteiger partial charge in [0.2, 0.25) is 0 Å². The fraction of sp³-hybridized carbons (Fsp3) is 0.911. The Balaban J connectivity index is 2.00. The number of phosphoric acid groups is 1. The SMILES string of the molecule is CCCCC/C=C\CC1OC1CCCCCCCC(=O)OC[C@H](COP(=O)(O)O)OC(=O)CCCCCCCCCCCCCCCCCCCCCCC. The number of rotatable bonds is 42. The minimum atomic E-state index is -4.76. The van der Waals surface area contributed by atoms with E-state index in [1.807, 2.05) is 0 Å². The van der Waals surface area contributed by atoms with Gasteiger partial charge in [0.15, 0.2) is 6.10 Å². The molecule has 0 radical (unpaired) electrons. The Morgan fingerprint density at radius 3 is 1.49 bits per heavy atom. The molecule has 0 bridgehead atoms. The lowest BCUT2D eigenvalue weighted by Gasteiger charge is -2.18. The summed E-state index contributed by atoms with van der Waals surface area (Å²) < 4.78 is 32.3. The van der Waals surface area contributed by atoms with Gasteiger partial charge < -0.3 is 24.0 Å². The number of epoxide rings is 1. The van der Waals surface area contributed by atoms with Crippen molar-refractivity contribution in [3.8, 4) is 0 Å². The number of hydrogen-bond donors (Lipinski definition) is 2. The molecule has 55 heavy (non-hydrogen) atoms. The summed E-state index contributed by atoms with van der Waals surface area (Å²) in [6, 6.07) is 0. The Labute approximate surface area is 337 Å². The van der Waals surface area contributed by atoms with Gasteiger partial charge in [0.1, 0.15) is 6.61 Å². The van der Waals surface area contributed by atoms with Crippen molar-refractivity contribution >= 4 is 19.8 Å². The largest absolute Gasteiger partial charge is 0.469 e. The average molecular weight is 801 g/mol. The predicted molar refractivity (Wildman–Crippen MR) is 225 cm³/mol. The smallest absolute Gasteiger partial charge is 0.462 e. The first-order valence-corrected chi connectivity index (χ1v) is 24.6. The van der Waals surface area contributed by atoms with Crippen molar-refractivity contribution in [2.45, 2.75) is 250 Å². The molecular formula is C45H85O9P. The van der Waals surface area contributed by atoms with E-state index in [4.69, 9.17) is 24.0 Å². The fourth-order valence-corrected chi connectivity index (χ4v) is 7.51. The Morgan fingerprint density at radius 1 is 0.564 bits per heavy atom. The van der Waals surface area contributed by atoms with Crippen LogP contribution in [0.2, 0.25) is 0 Å². The third-order valence-electron chi connectivity index (χ3n) is 10.7. The molecule has 2 unspecified atom stereocenters. The van der Waals surface area contributed by atoms with Gasteiger partial charge in [0.05, 0.1) is 18.8 Å². The maximum absolute atomic E-state index is 12.5. The molecule has 0 spiro atoms. The first kappa shape index (κ1) is 51.8. The summed E-state index contributed by atoms with van der Waals surface area (Å²) >= 11 is 0. The zero-order chi connectivity index (χ0) is 40.1. The number of ether oxygens (including phenoxy) is 3. The van der Waals surface area contributed by atoms with E-state index in [0.29, 0.717) is 25.0 Å². The highest BCUT2D eigenvalue weighted by Gasteiger charge is 2.36. The van der Waals surface area contributed by atoms with E-state index in [2.05, 4.69) is 30.5 Å². The van der Waals surface area contributed by atoms with Crippen LogP contribution in [0.1, 0.15) is 232 Å². The molecule has 1 saturated heterocycles. The molecule has 324 valence electrons. The monoisotopic (exact) mass is 801 g/mol. The summed E-state index contributed by atoms with van der Waals surface area (Å²) in [7, 11) is -4.76.